The minimum atomic E-state index is -4.64. The Labute approximate surface area is 253 Å². The SMILES string of the molecule is CCC=NC1CC(n2ccnc2Nc2cc(NC(=O)c3cc(OC4CCN(C)CC4)cc(C(F)(F)F)c3)ccc2C)=NC=N1. The number of aliphatic imine (C=N–C) groups is 3. The van der Waals surface area contributed by atoms with Gasteiger partial charge in [-0.25, -0.2) is 15.0 Å². The first-order valence-corrected chi connectivity index (χ1v) is 14.5. The number of likely N-dealkylation sites (tertiary alicyclic amines) is 1. The molecule has 0 bridgehead atoms. The number of carbonyl (C=O) groups excluding carboxylic acids is 1. The van der Waals surface area contributed by atoms with E-state index in [1.165, 1.54) is 12.4 Å². The number of nitrogens with zero attached hydrogens (tertiary/aromatic N) is 6. The Morgan fingerprint density at radius 3 is 2.73 bits per heavy atom. The monoisotopic (exact) mass is 608 g/mol. The Morgan fingerprint density at radius 2 is 1.98 bits per heavy atom. The molecule has 1 aromatic heterocycles. The molecule has 2 N–H and O–H groups in total. The number of ether oxygens (including phenoxy) is 1. The smallest absolute Gasteiger partial charge is 0.416 e. The van der Waals surface area contributed by atoms with Gasteiger partial charge in [-0.3, -0.25) is 14.4 Å². The molecule has 1 atom stereocenters. The quantitative estimate of drug-likeness (QED) is 0.298. The number of alkyl halides is 3. The summed E-state index contributed by atoms with van der Waals surface area (Å²) in [4.78, 5) is 32.9. The lowest BCUT2D eigenvalue weighted by molar-refractivity contribution is -0.137. The van der Waals surface area contributed by atoms with Gasteiger partial charge < -0.3 is 20.3 Å². The maximum Gasteiger partial charge on any atom is 0.416 e. The Bertz CT molecular complexity index is 1570. The largest absolute Gasteiger partial charge is 0.490 e. The first kappa shape index (κ1) is 30.9. The van der Waals surface area contributed by atoms with Gasteiger partial charge in [-0.15, -0.1) is 0 Å². The number of amides is 1. The van der Waals surface area contributed by atoms with E-state index in [4.69, 9.17) is 4.74 Å². The summed E-state index contributed by atoms with van der Waals surface area (Å²) in [5, 5.41) is 6.01. The molecule has 2 aliphatic heterocycles. The molecule has 0 saturated carbocycles. The van der Waals surface area contributed by atoms with Crippen LogP contribution in [0.5, 0.6) is 5.75 Å². The number of aryl methyl sites for hydroxylation is 1. The van der Waals surface area contributed by atoms with E-state index in [1.807, 2.05) is 27.1 Å². The van der Waals surface area contributed by atoms with Gasteiger partial charge in [-0.2, -0.15) is 13.2 Å². The number of nitrogens with one attached hydrogen (secondary N) is 2. The lowest BCUT2D eigenvalue weighted by atomic mass is 10.1. The van der Waals surface area contributed by atoms with Crippen LogP contribution in [0.1, 0.15) is 54.1 Å². The van der Waals surface area contributed by atoms with E-state index >= 15 is 0 Å². The first-order valence-electron chi connectivity index (χ1n) is 14.5. The number of hydrogen-bond acceptors (Lipinski definition) is 8. The van der Waals surface area contributed by atoms with Gasteiger partial charge in [-0.1, -0.05) is 13.0 Å². The molecule has 1 fully saturated rings. The van der Waals surface area contributed by atoms with Gasteiger partial charge in [0, 0.05) is 55.1 Å². The average Bonchev–Trinajstić information content (AvgIpc) is 3.46. The molecular weight excluding hydrogens is 573 g/mol. The predicted molar refractivity (Wildman–Crippen MR) is 166 cm³/mol. The van der Waals surface area contributed by atoms with Crippen molar-refractivity contribution in [2.24, 2.45) is 15.0 Å². The highest BCUT2D eigenvalue weighted by Crippen LogP contribution is 2.34. The Balaban J connectivity index is 1.33. The maximum absolute atomic E-state index is 13.8. The summed E-state index contributed by atoms with van der Waals surface area (Å²) < 4.78 is 49.0. The van der Waals surface area contributed by atoms with Crippen molar-refractivity contribution < 1.29 is 22.7 Å². The van der Waals surface area contributed by atoms with Crippen molar-refractivity contribution >= 4 is 41.6 Å². The van der Waals surface area contributed by atoms with Crippen LogP contribution in [0.15, 0.2) is 63.8 Å². The molecule has 232 valence electrons. The van der Waals surface area contributed by atoms with Crippen LogP contribution in [0.3, 0.4) is 0 Å². The normalized spacial score (nSPS) is 18.0. The molecule has 1 amide bonds. The van der Waals surface area contributed by atoms with E-state index in [9.17, 15) is 18.0 Å². The van der Waals surface area contributed by atoms with E-state index in [2.05, 4.69) is 35.5 Å². The Hall–Kier alpha value is -4.52. The van der Waals surface area contributed by atoms with Gasteiger partial charge in [0.2, 0.25) is 5.95 Å². The van der Waals surface area contributed by atoms with Crippen molar-refractivity contribution in [3.63, 3.8) is 0 Å². The fourth-order valence-electron chi connectivity index (χ4n) is 4.94. The standard InChI is InChI=1S/C31H35F3N8O2/c1-4-9-35-27-18-28(38-19-37-27)42-13-10-36-30(42)40-26-17-23(6-5-20(26)2)39-29(43)21-14-22(31(32,33)34)16-25(15-21)44-24-7-11-41(3)12-8-24/h5-6,9-10,13-17,19,24,27H,4,7-8,11-12,18H2,1-3H3,(H,36,40)(H,39,43). The predicted octanol–water partition coefficient (Wildman–Crippen LogP) is 6.16. The van der Waals surface area contributed by atoms with E-state index in [0.29, 0.717) is 42.4 Å². The molecule has 0 aliphatic carbocycles. The number of piperidine rings is 1. The number of hydrogen-bond donors (Lipinski definition) is 2. The zero-order chi connectivity index (χ0) is 31.3. The highest BCUT2D eigenvalue weighted by atomic mass is 19.4. The maximum atomic E-state index is 13.8. The summed E-state index contributed by atoms with van der Waals surface area (Å²) in [6.07, 6.45) is 4.30. The van der Waals surface area contributed by atoms with Crippen LogP contribution in [0, 0.1) is 6.92 Å². The molecule has 13 heteroatoms. The molecular formula is C31H35F3N8O2. The summed E-state index contributed by atoms with van der Waals surface area (Å²) in [7, 11) is 1.99. The number of anilines is 3. The second kappa shape index (κ2) is 13.4. The molecule has 3 aromatic rings. The van der Waals surface area contributed by atoms with Crippen LogP contribution in [-0.2, 0) is 6.18 Å². The number of rotatable bonds is 8. The van der Waals surface area contributed by atoms with E-state index < -0.39 is 17.6 Å². The third kappa shape index (κ3) is 7.70. The van der Waals surface area contributed by atoms with E-state index in [-0.39, 0.29) is 23.6 Å². The Kier molecular flexibility index (Phi) is 9.43. The molecule has 0 spiro atoms. The summed E-state index contributed by atoms with van der Waals surface area (Å²) in [5.74, 6) is 0.548. The second-order valence-electron chi connectivity index (χ2n) is 10.8. The number of benzene rings is 2. The summed E-state index contributed by atoms with van der Waals surface area (Å²) >= 11 is 0. The number of imidazole rings is 1. The van der Waals surface area contributed by atoms with E-state index in [1.54, 1.807) is 35.2 Å². The topological polar surface area (TPSA) is 108 Å². The van der Waals surface area contributed by atoms with Gasteiger partial charge >= 0.3 is 6.18 Å². The number of carbonyl (C=O) groups is 1. The van der Waals surface area contributed by atoms with Crippen molar-refractivity contribution in [1.29, 1.82) is 0 Å². The molecule has 2 aliphatic rings. The summed E-state index contributed by atoms with van der Waals surface area (Å²) in [6, 6.07) is 8.34. The number of halogens is 3. The third-order valence-corrected chi connectivity index (χ3v) is 7.40. The molecule has 2 aromatic carbocycles. The summed E-state index contributed by atoms with van der Waals surface area (Å²) in [6.45, 7) is 5.47. The molecule has 3 heterocycles. The van der Waals surface area contributed by atoms with Crippen molar-refractivity contribution in [3.8, 4) is 5.75 Å². The molecule has 10 nitrogen and oxygen atoms in total. The van der Waals surface area contributed by atoms with Crippen molar-refractivity contribution in [2.45, 2.75) is 58.0 Å². The first-order chi connectivity index (χ1) is 21.1. The Morgan fingerprint density at radius 1 is 1.18 bits per heavy atom. The molecule has 44 heavy (non-hydrogen) atoms. The van der Waals surface area contributed by atoms with Crippen LogP contribution in [-0.4, -0.2) is 71.2 Å². The van der Waals surface area contributed by atoms with Gasteiger partial charge in [0.05, 0.1) is 5.56 Å². The van der Waals surface area contributed by atoms with Gasteiger partial charge in [0.15, 0.2) is 0 Å². The lowest BCUT2D eigenvalue weighted by Crippen LogP contribution is -2.35. The van der Waals surface area contributed by atoms with E-state index in [0.717, 1.165) is 37.2 Å². The van der Waals surface area contributed by atoms with Crippen molar-refractivity contribution in [3.05, 3.63) is 65.5 Å². The fraction of sp³-hybridized carbons (Fsp3) is 0.387. The molecule has 0 radical (unpaired) electrons. The molecule has 1 unspecified atom stereocenters. The zero-order valence-electron chi connectivity index (χ0n) is 24.8. The van der Waals surface area contributed by atoms with Crippen molar-refractivity contribution in [2.75, 3.05) is 30.8 Å². The van der Waals surface area contributed by atoms with Gasteiger partial charge in [-0.05, 0) is 69.1 Å². The van der Waals surface area contributed by atoms with Gasteiger partial charge in [0.1, 0.15) is 30.2 Å². The molecule has 5 rings (SSSR count). The highest BCUT2D eigenvalue weighted by molar-refractivity contribution is 6.05. The minimum absolute atomic E-state index is 0.0240. The van der Waals surface area contributed by atoms with Gasteiger partial charge in [0.25, 0.3) is 5.91 Å². The fourth-order valence-corrected chi connectivity index (χ4v) is 4.94. The highest BCUT2D eigenvalue weighted by Gasteiger charge is 2.32. The van der Waals surface area contributed by atoms with Crippen molar-refractivity contribution in [1.82, 2.24) is 14.5 Å². The van der Waals surface area contributed by atoms with Crippen LogP contribution < -0.4 is 15.4 Å². The lowest BCUT2D eigenvalue weighted by Gasteiger charge is -2.29. The third-order valence-electron chi connectivity index (χ3n) is 7.40. The van der Waals surface area contributed by atoms with Crippen LogP contribution in [0.4, 0.5) is 30.5 Å². The average molecular weight is 609 g/mol. The zero-order valence-corrected chi connectivity index (χ0v) is 24.8. The second-order valence-corrected chi connectivity index (χ2v) is 10.8. The van der Waals surface area contributed by atoms with Crippen LogP contribution in [0.25, 0.3) is 0 Å². The van der Waals surface area contributed by atoms with Crippen LogP contribution in [0.2, 0.25) is 0 Å². The summed E-state index contributed by atoms with van der Waals surface area (Å²) in [5.41, 5.74) is 0.821. The molecule has 1 saturated heterocycles. The minimum Gasteiger partial charge on any atom is -0.490 e. The van der Waals surface area contributed by atoms with Crippen LogP contribution >= 0.6 is 0 Å². The number of aromatic nitrogens is 2.